The predicted molar refractivity (Wildman–Crippen MR) is 76.7 cm³/mol. The average molecular weight is 339 g/mol. The van der Waals surface area contributed by atoms with Crippen LogP contribution >= 0.6 is 15.9 Å². The van der Waals surface area contributed by atoms with E-state index in [2.05, 4.69) is 31.3 Å². The fraction of sp³-hybridized carbons (Fsp3) is 0.385. The number of ether oxygens (including phenoxy) is 2. The molecule has 1 aromatic heterocycles. The Hall–Kier alpha value is -1.60. The molecule has 1 N–H and O–H groups in total. The van der Waals surface area contributed by atoms with Gasteiger partial charge in [-0.15, -0.1) is 0 Å². The fourth-order valence-corrected chi connectivity index (χ4v) is 2.48. The van der Waals surface area contributed by atoms with Gasteiger partial charge in [-0.2, -0.15) is 5.10 Å². The number of rotatable bonds is 5. The number of benzene rings is 1. The Kier molecular flexibility index (Phi) is 3.88. The summed E-state index contributed by atoms with van der Waals surface area (Å²) in [5.41, 5.74) is 1.14. The van der Waals surface area contributed by atoms with Crippen molar-refractivity contribution in [3.8, 4) is 11.5 Å². The zero-order valence-corrected chi connectivity index (χ0v) is 12.7. The van der Waals surface area contributed by atoms with Gasteiger partial charge < -0.3 is 14.8 Å². The van der Waals surface area contributed by atoms with Crippen molar-refractivity contribution in [1.29, 1.82) is 0 Å². The third kappa shape index (κ3) is 2.94. The molecule has 0 saturated heterocycles. The van der Waals surface area contributed by atoms with E-state index in [9.17, 15) is 0 Å². The Morgan fingerprint density at radius 2 is 2.15 bits per heavy atom. The SMILES string of the molecule is Cn1cnc(CCNCc2cc3c(cc2Br)OCO3)n1. The first-order chi connectivity index (χ1) is 9.72. The minimum Gasteiger partial charge on any atom is -0.454 e. The van der Waals surface area contributed by atoms with Crippen LogP contribution in [0, 0.1) is 0 Å². The Labute approximate surface area is 125 Å². The lowest BCUT2D eigenvalue weighted by Gasteiger charge is -2.07. The van der Waals surface area contributed by atoms with Gasteiger partial charge in [-0.1, -0.05) is 15.9 Å². The van der Waals surface area contributed by atoms with Crippen molar-refractivity contribution in [2.24, 2.45) is 7.05 Å². The highest BCUT2D eigenvalue weighted by Crippen LogP contribution is 2.36. The van der Waals surface area contributed by atoms with Crippen LogP contribution in [0.4, 0.5) is 0 Å². The number of hydrogen-bond donors (Lipinski definition) is 1. The van der Waals surface area contributed by atoms with Crippen LogP contribution in [0.25, 0.3) is 0 Å². The maximum Gasteiger partial charge on any atom is 0.231 e. The zero-order chi connectivity index (χ0) is 13.9. The van der Waals surface area contributed by atoms with E-state index in [0.29, 0.717) is 6.79 Å². The van der Waals surface area contributed by atoms with Crippen molar-refractivity contribution in [2.75, 3.05) is 13.3 Å². The van der Waals surface area contributed by atoms with Gasteiger partial charge in [-0.05, 0) is 17.7 Å². The summed E-state index contributed by atoms with van der Waals surface area (Å²) < 4.78 is 13.4. The van der Waals surface area contributed by atoms with Gasteiger partial charge >= 0.3 is 0 Å². The van der Waals surface area contributed by atoms with Gasteiger partial charge in [0.2, 0.25) is 6.79 Å². The summed E-state index contributed by atoms with van der Waals surface area (Å²) in [6.07, 6.45) is 2.52. The first kappa shape index (κ1) is 13.4. The molecule has 2 heterocycles. The van der Waals surface area contributed by atoms with Gasteiger partial charge in [0.1, 0.15) is 6.33 Å². The molecule has 20 heavy (non-hydrogen) atoms. The summed E-state index contributed by atoms with van der Waals surface area (Å²) in [4.78, 5) is 4.19. The van der Waals surface area contributed by atoms with E-state index in [1.54, 1.807) is 11.0 Å². The van der Waals surface area contributed by atoms with E-state index in [1.807, 2.05) is 19.2 Å². The lowest BCUT2D eigenvalue weighted by atomic mass is 10.2. The summed E-state index contributed by atoms with van der Waals surface area (Å²) in [6, 6.07) is 3.94. The fourth-order valence-electron chi connectivity index (χ4n) is 2.02. The van der Waals surface area contributed by atoms with E-state index >= 15 is 0 Å². The molecule has 106 valence electrons. The number of fused-ring (bicyclic) bond motifs is 1. The molecule has 3 rings (SSSR count). The second-order valence-corrected chi connectivity index (χ2v) is 5.41. The van der Waals surface area contributed by atoms with Gasteiger partial charge in [0, 0.05) is 31.0 Å². The van der Waals surface area contributed by atoms with Crippen LogP contribution in [-0.2, 0) is 20.0 Å². The summed E-state index contributed by atoms with van der Waals surface area (Å²) in [7, 11) is 1.87. The van der Waals surface area contributed by atoms with Gasteiger partial charge in [0.25, 0.3) is 0 Å². The maximum atomic E-state index is 5.38. The van der Waals surface area contributed by atoms with E-state index in [0.717, 1.165) is 46.9 Å². The quantitative estimate of drug-likeness (QED) is 0.840. The van der Waals surface area contributed by atoms with Crippen LogP contribution in [0.1, 0.15) is 11.4 Å². The molecule has 0 saturated carbocycles. The minimum atomic E-state index is 0.296. The summed E-state index contributed by atoms with van der Waals surface area (Å²) in [5.74, 6) is 2.44. The number of nitrogens with zero attached hydrogens (tertiary/aromatic N) is 3. The zero-order valence-electron chi connectivity index (χ0n) is 11.1. The summed E-state index contributed by atoms with van der Waals surface area (Å²) in [5, 5.41) is 7.62. The molecule has 0 radical (unpaired) electrons. The van der Waals surface area contributed by atoms with E-state index in [1.165, 1.54) is 0 Å². The van der Waals surface area contributed by atoms with Crippen molar-refractivity contribution in [1.82, 2.24) is 20.1 Å². The molecule has 2 aromatic rings. The van der Waals surface area contributed by atoms with Crippen LogP contribution in [0.3, 0.4) is 0 Å². The first-order valence-corrected chi connectivity index (χ1v) is 7.15. The Morgan fingerprint density at radius 1 is 1.35 bits per heavy atom. The molecule has 0 atom stereocenters. The molecule has 1 aromatic carbocycles. The largest absolute Gasteiger partial charge is 0.454 e. The molecule has 1 aliphatic heterocycles. The third-order valence-corrected chi connectivity index (χ3v) is 3.77. The second kappa shape index (κ2) is 5.80. The third-order valence-electron chi connectivity index (χ3n) is 3.03. The highest BCUT2D eigenvalue weighted by molar-refractivity contribution is 9.10. The van der Waals surface area contributed by atoms with Crippen LogP contribution in [-0.4, -0.2) is 28.1 Å². The molecule has 0 amide bonds. The molecule has 7 heteroatoms. The lowest BCUT2D eigenvalue weighted by molar-refractivity contribution is 0.174. The number of hydrogen-bond acceptors (Lipinski definition) is 5. The van der Waals surface area contributed by atoms with Gasteiger partial charge in [-0.25, -0.2) is 4.98 Å². The van der Waals surface area contributed by atoms with E-state index < -0.39 is 0 Å². The predicted octanol–water partition coefficient (Wildman–Crippen LogP) is 1.64. The molecule has 1 aliphatic rings. The molecular formula is C13H15BrN4O2. The molecule has 0 fully saturated rings. The maximum absolute atomic E-state index is 5.38. The molecule has 0 aliphatic carbocycles. The summed E-state index contributed by atoms with van der Waals surface area (Å²) >= 11 is 3.55. The van der Waals surface area contributed by atoms with E-state index in [4.69, 9.17) is 9.47 Å². The van der Waals surface area contributed by atoms with Gasteiger partial charge in [0.15, 0.2) is 17.3 Å². The molecular weight excluding hydrogens is 324 g/mol. The normalized spacial score (nSPS) is 12.9. The van der Waals surface area contributed by atoms with Crippen LogP contribution in [0.15, 0.2) is 22.9 Å². The van der Waals surface area contributed by atoms with Crippen molar-refractivity contribution < 1.29 is 9.47 Å². The number of nitrogens with one attached hydrogen (secondary N) is 1. The first-order valence-electron chi connectivity index (χ1n) is 6.35. The monoisotopic (exact) mass is 338 g/mol. The van der Waals surface area contributed by atoms with Crippen LogP contribution < -0.4 is 14.8 Å². The number of halogens is 1. The van der Waals surface area contributed by atoms with Crippen molar-refractivity contribution in [3.05, 3.63) is 34.3 Å². The molecule has 0 bridgehead atoms. The Bertz CT molecular complexity index is 614. The summed E-state index contributed by atoms with van der Waals surface area (Å²) in [6.45, 7) is 1.87. The van der Waals surface area contributed by atoms with Crippen LogP contribution in [0.5, 0.6) is 11.5 Å². The number of aryl methyl sites for hydroxylation is 1. The lowest BCUT2D eigenvalue weighted by Crippen LogP contribution is -2.17. The second-order valence-electron chi connectivity index (χ2n) is 4.56. The highest BCUT2D eigenvalue weighted by Gasteiger charge is 2.15. The Balaban J connectivity index is 1.53. The topological polar surface area (TPSA) is 61.2 Å². The van der Waals surface area contributed by atoms with Crippen molar-refractivity contribution >= 4 is 15.9 Å². The average Bonchev–Trinajstić information content (AvgIpc) is 3.03. The molecule has 6 nitrogen and oxygen atoms in total. The molecule has 0 spiro atoms. The minimum absolute atomic E-state index is 0.296. The molecule has 0 unspecified atom stereocenters. The standard InChI is InChI=1S/C13H15BrN4O2/c1-18-7-16-13(17-18)2-3-15-6-9-4-11-12(5-10(9)14)20-8-19-11/h4-5,7,15H,2-3,6,8H2,1H3. The van der Waals surface area contributed by atoms with Gasteiger partial charge in [-0.3, -0.25) is 4.68 Å². The number of aromatic nitrogens is 3. The highest BCUT2D eigenvalue weighted by atomic mass is 79.9. The van der Waals surface area contributed by atoms with Crippen LogP contribution in [0.2, 0.25) is 0 Å². The Morgan fingerprint density at radius 3 is 2.90 bits per heavy atom. The van der Waals surface area contributed by atoms with E-state index in [-0.39, 0.29) is 0 Å². The van der Waals surface area contributed by atoms with Crippen molar-refractivity contribution in [3.63, 3.8) is 0 Å². The smallest absolute Gasteiger partial charge is 0.231 e. The van der Waals surface area contributed by atoms with Crippen molar-refractivity contribution in [2.45, 2.75) is 13.0 Å². The van der Waals surface area contributed by atoms with Gasteiger partial charge in [0.05, 0.1) is 0 Å².